The molecule has 0 bridgehead atoms. The highest BCUT2D eigenvalue weighted by Gasteiger charge is 2.24. The van der Waals surface area contributed by atoms with E-state index in [2.05, 4.69) is 15.5 Å². The molecule has 1 aliphatic rings. The molecule has 1 amide bonds. The molecular weight excluding hydrogens is 379 g/mol. The number of hydrogen-bond acceptors (Lipinski definition) is 5. The molecule has 0 unspecified atom stereocenters. The summed E-state index contributed by atoms with van der Waals surface area (Å²) in [5.41, 5.74) is 0.852. The van der Waals surface area contributed by atoms with E-state index in [-0.39, 0.29) is 24.0 Å². The molecule has 1 aromatic heterocycles. The Morgan fingerprint density at radius 1 is 1.14 bits per heavy atom. The molecule has 6 nitrogen and oxygen atoms in total. The summed E-state index contributed by atoms with van der Waals surface area (Å²) < 4.78 is 21.3. The van der Waals surface area contributed by atoms with Crippen molar-refractivity contribution in [1.29, 1.82) is 0 Å². The highest BCUT2D eigenvalue weighted by molar-refractivity contribution is 7.99. The van der Waals surface area contributed by atoms with Crippen LogP contribution in [0.4, 0.5) is 4.39 Å². The maximum absolute atomic E-state index is 13.8. The number of benzene rings is 2. The first-order chi connectivity index (χ1) is 13.7. The molecule has 0 atom stereocenters. The molecule has 4 rings (SSSR count). The quantitative estimate of drug-likeness (QED) is 0.590. The number of carbonyl (C=O) groups is 1. The van der Waals surface area contributed by atoms with Crippen LogP contribution in [0.5, 0.6) is 5.75 Å². The molecule has 0 radical (unpaired) electrons. The van der Waals surface area contributed by atoms with Gasteiger partial charge in [-0.05, 0) is 37.1 Å². The number of hydrogen-bond donors (Lipinski definition) is 1. The highest BCUT2D eigenvalue weighted by Crippen LogP contribution is 2.24. The van der Waals surface area contributed by atoms with Crippen molar-refractivity contribution < 1.29 is 13.9 Å². The monoisotopic (exact) mass is 398 g/mol. The fraction of sp³-hybridized carbons (Fsp3) is 0.250. The molecule has 0 aliphatic heterocycles. The molecule has 0 spiro atoms. The highest BCUT2D eigenvalue weighted by atomic mass is 32.2. The van der Waals surface area contributed by atoms with Gasteiger partial charge in [-0.3, -0.25) is 9.36 Å². The average Bonchev–Trinajstić information content (AvgIpc) is 3.43. The lowest BCUT2D eigenvalue weighted by Gasteiger charge is -2.11. The van der Waals surface area contributed by atoms with Crippen LogP contribution in [0, 0.1) is 5.82 Å². The predicted molar refractivity (Wildman–Crippen MR) is 104 cm³/mol. The standard InChI is InChI=1S/C20H19FN4O2S/c21-16-8-4-5-9-17(16)27-12-18-23-24-20(25(18)15-6-2-1-3-7-15)28-13-19(26)22-14-10-11-14/h1-9,14H,10-13H2,(H,22,26). The van der Waals surface area contributed by atoms with E-state index in [1.807, 2.05) is 34.9 Å². The molecule has 1 heterocycles. The molecule has 144 valence electrons. The van der Waals surface area contributed by atoms with Crippen molar-refractivity contribution in [2.24, 2.45) is 0 Å². The fourth-order valence-electron chi connectivity index (χ4n) is 2.65. The van der Waals surface area contributed by atoms with Crippen LogP contribution in [0.1, 0.15) is 18.7 Å². The maximum atomic E-state index is 13.8. The number of rotatable bonds is 8. The van der Waals surface area contributed by atoms with Crippen molar-refractivity contribution >= 4 is 17.7 Å². The zero-order valence-electron chi connectivity index (χ0n) is 15.0. The van der Waals surface area contributed by atoms with Gasteiger partial charge in [0.25, 0.3) is 0 Å². The SMILES string of the molecule is O=C(CSc1nnc(COc2ccccc2F)n1-c1ccccc1)NC1CC1. The number of nitrogens with one attached hydrogen (secondary N) is 1. The molecular formula is C20H19FN4O2S. The number of para-hydroxylation sites is 2. The van der Waals surface area contributed by atoms with Crippen molar-refractivity contribution in [3.05, 3.63) is 66.2 Å². The molecule has 0 saturated heterocycles. The van der Waals surface area contributed by atoms with Gasteiger partial charge in [0.05, 0.1) is 5.75 Å². The summed E-state index contributed by atoms with van der Waals surface area (Å²) in [4.78, 5) is 12.0. The normalized spacial score (nSPS) is 13.3. The third kappa shape index (κ3) is 4.51. The first-order valence-electron chi connectivity index (χ1n) is 9.00. The lowest BCUT2D eigenvalue weighted by Crippen LogP contribution is -2.27. The fourth-order valence-corrected chi connectivity index (χ4v) is 3.44. The molecule has 1 N–H and O–H groups in total. The summed E-state index contributed by atoms with van der Waals surface area (Å²) in [6.07, 6.45) is 2.10. The summed E-state index contributed by atoms with van der Waals surface area (Å²) in [6.45, 7) is 0.0532. The second-order valence-electron chi connectivity index (χ2n) is 6.42. The van der Waals surface area contributed by atoms with Gasteiger partial charge in [0.1, 0.15) is 6.61 Å². The first kappa shape index (κ1) is 18.5. The first-order valence-corrected chi connectivity index (χ1v) is 9.98. The maximum Gasteiger partial charge on any atom is 0.230 e. The van der Waals surface area contributed by atoms with Crippen LogP contribution in [0.25, 0.3) is 5.69 Å². The van der Waals surface area contributed by atoms with E-state index in [1.54, 1.807) is 18.2 Å². The van der Waals surface area contributed by atoms with E-state index in [0.717, 1.165) is 18.5 Å². The van der Waals surface area contributed by atoms with Crippen molar-refractivity contribution in [1.82, 2.24) is 20.1 Å². The largest absolute Gasteiger partial charge is 0.483 e. The molecule has 1 aliphatic carbocycles. The number of aromatic nitrogens is 3. The molecule has 2 aromatic carbocycles. The van der Waals surface area contributed by atoms with Crippen LogP contribution in [0.2, 0.25) is 0 Å². The van der Waals surface area contributed by atoms with Gasteiger partial charge < -0.3 is 10.1 Å². The Morgan fingerprint density at radius 2 is 1.89 bits per heavy atom. The minimum atomic E-state index is -0.431. The number of halogens is 1. The Balaban J connectivity index is 1.53. The number of nitrogens with zero attached hydrogens (tertiary/aromatic N) is 3. The van der Waals surface area contributed by atoms with Gasteiger partial charge in [0, 0.05) is 11.7 Å². The van der Waals surface area contributed by atoms with E-state index in [1.165, 1.54) is 17.8 Å². The minimum absolute atomic E-state index is 0.0146. The zero-order valence-corrected chi connectivity index (χ0v) is 15.9. The van der Waals surface area contributed by atoms with E-state index in [0.29, 0.717) is 17.0 Å². The Labute approximate surface area is 166 Å². The molecule has 8 heteroatoms. The average molecular weight is 398 g/mol. The summed E-state index contributed by atoms with van der Waals surface area (Å²) in [5, 5.41) is 12.0. The van der Waals surface area contributed by atoms with Gasteiger partial charge in [0.2, 0.25) is 5.91 Å². The predicted octanol–water partition coefficient (Wildman–Crippen LogP) is 3.36. The summed E-state index contributed by atoms with van der Waals surface area (Å²) in [7, 11) is 0. The Morgan fingerprint density at radius 3 is 2.64 bits per heavy atom. The van der Waals surface area contributed by atoms with Crippen LogP contribution < -0.4 is 10.1 Å². The van der Waals surface area contributed by atoms with Gasteiger partial charge in [-0.25, -0.2) is 4.39 Å². The van der Waals surface area contributed by atoms with E-state index < -0.39 is 5.82 Å². The van der Waals surface area contributed by atoms with Crippen LogP contribution in [0.15, 0.2) is 59.8 Å². The summed E-state index contributed by atoms with van der Waals surface area (Å²) >= 11 is 1.31. The van der Waals surface area contributed by atoms with Crippen LogP contribution in [0.3, 0.4) is 0 Å². The van der Waals surface area contributed by atoms with Crippen molar-refractivity contribution in [2.45, 2.75) is 30.6 Å². The van der Waals surface area contributed by atoms with Gasteiger partial charge >= 0.3 is 0 Å². The van der Waals surface area contributed by atoms with Crippen molar-refractivity contribution in [3.63, 3.8) is 0 Å². The molecule has 1 fully saturated rings. The minimum Gasteiger partial charge on any atom is -0.483 e. The Kier molecular flexibility index (Phi) is 5.57. The van der Waals surface area contributed by atoms with Gasteiger partial charge in [-0.2, -0.15) is 0 Å². The van der Waals surface area contributed by atoms with E-state index in [9.17, 15) is 9.18 Å². The second kappa shape index (κ2) is 8.43. The Bertz CT molecular complexity index is 960. The van der Waals surface area contributed by atoms with Gasteiger partial charge in [0.15, 0.2) is 22.5 Å². The van der Waals surface area contributed by atoms with E-state index in [4.69, 9.17) is 4.74 Å². The van der Waals surface area contributed by atoms with E-state index >= 15 is 0 Å². The van der Waals surface area contributed by atoms with Gasteiger partial charge in [-0.1, -0.05) is 42.1 Å². The van der Waals surface area contributed by atoms with Crippen LogP contribution in [-0.4, -0.2) is 32.5 Å². The topological polar surface area (TPSA) is 69.0 Å². The third-order valence-electron chi connectivity index (χ3n) is 4.18. The third-order valence-corrected chi connectivity index (χ3v) is 5.11. The Hall–Kier alpha value is -2.87. The molecule has 1 saturated carbocycles. The van der Waals surface area contributed by atoms with Crippen LogP contribution in [-0.2, 0) is 11.4 Å². The van der Waals surface area contributed by atoms with Crippen molar-refractivity contribution in [3.8, 4) is 11.4 Å². The lowest BCUT2D eigenvalue weighted by atomic mass is 10.3. The summed E-state index contributed by atoms with van der Waals surface area (Å²) in [6, 6.07) is 16.1. The zero-order chi connectivity index (χ0) is 19.3. The number of thioether (sulfide) groups is 1. The smallest absolute Gasteiger partial charge is 0.230 e. The number of ether oxygens (including phenoxy) is 1. The van der Waals surface area contributed by atoms with Crippen molar-refractivity contribution in [2.75, 3.05) is 5.75 Å². The molecule has 3 aromatic rings. The molecule has 28 heavy (non-hydrogen) atoms. The second-order valence-corrected chi connectivity index (χ2v) is 7.36. The van der Waals surface area contributed by atoms with Gasteiger partial charge in [-0.15, -0.1) is 10.2 Å². The number of carbonyl (C=O) groups excluding carboxylic acids is 1. The summed E-state index contributed by atoms with van der Waals surface area (Å²) in [5.74, 6) is 0.497. The lowest BCUT2D eigenvalue weighted by molar-refractivity contribution is -0.118. The number of amides is 1. The van der Waals surface area contributed by atoms with Crippen LogP contribution >= 0.6 is 11.8 Å².